The first kappa shape index (κ1) is 16.0. The smallest absolute Gasteiger partial charge is 0.237 e. The maximum Gasteiger partial charge on any atom is 0.237 e. The monoisotopic (exact) mass is 349 g/mol. The summed E-state index contributed by atoms with van der Waals surface area (Å²) in [5.74, 6) is 0.519. The third-order valence-corrected chi connectivity index (χ3v) is 5.35. The molecule has 0 bridgehead atoms. The number of aryl methyl sites for hydroxylation is 1. The normalized spacial score (nSPS) is 13.1. The van der Waals surface area contributed by atoms with Gasteiger partial charge in [0.05, 0.1) is 5.75 Å². The zero-order chi connectivity index (χ0) is 17.2. The number of carbonyl (C=O) groups excluding carboxylic acids is 1. The highest BCUT2D eigenvalue weighted by Crippen LogP contribution is 2.29. The fraction of sp³-hybridized carbons (Fsp3) is 0.200. The van der Waals surface area contributed by atoms with E-state index < -0.39 is 0 Å². The second kappa shape index (κ2) is 6.76. The van der Waals surface area contributed by atoms with E-state index in [1.807, 2.05) is 39.9 Å². The van der Waals surface area contributed by atoms with Crippen LogP contribution in [0.2, 0.25) is 0 Å². The largest absolute Gasteiger partial charge is 0.311 e. The van der Waals surface area contributed by atoms with Crippen LogP contribution < -0.4 is 4.90 Å². The van der Waals surface area contributed by atoms with Gasteiger partial charge in [-0.3, -0.25) is 9.36 Å². The third-order valence-electron chi connectivity index (χ3n) is 4.40. The highest BCUT2D eigenvalue weighted by Gasteiger charge is 2.24. The molecule has 2 heterocycles. The molecular formula is C20H19N3OS. The molecule has 2 aromatic carbocycles. The van der Waals surface area contributed by atoms with Crippen molar-refractivity contribution in [1.82, 2.24) is 9.55 Å². The molecule has 1 aromatic heterocycles. The Bertz CT molecular complexity index is 919. The van der Waals surface area contributed by atoms with E-state index in [0.717, 1.165) is 29.5 Å². The van der Waals surface area contributed by atoms with Gasteiger partial charge >= 0.3 is 0 Å². The molecule has 0 saturated carbocycles. The van der Waals surface area contributed by atoms with Crippen LogP contribution in [-0.4, -0.2) is 27.8 Å². The fourth-order valence-corrected chi connectivity index (χ4v) is 4.02. The number of nitrogens with zero attached hydrogens (tertiary/aromatic N) is 3. The molecule has 1 aliphatic heterocycles. The van der Waals surface area contributed by atoms with Gasteiger partial charge in [-0.05, 0) is 42.7 Å². The van der Waals surface area contributed by atoms with E-state index in [2.05, 4.69) is 36.2 Å². The molecule has 0 unspecified atom stereocenters. The van der Waals surface area contributed by atoms with Crippen molar-refractivity contribution in [2.24, 2.45) is 0 Å². The topological polar surface area (TPSA) is 38.1 Å². The summed E-state index contributed by atoms with van der Waals surface area (Å²) < 4.78 is 2.03. The van der Waals surface area contributed by atoms with Crippen molar-refractivity contribution in [2.45, 2.75) is 18.5 Å². The van der Waals surface area contributed by atoms with Gasteiger partial charge < -0.3 is 4.90 Å². The van der Waals surface area contributed by atoms with Crippen LogP contribution in [0.5, 0.6) is 0 Å². The Balaban J connectivity index is 1.48. The third kappa shape index (κ3) is 3.20. The van der Waals surface area contributed by atoms with E-state index in [1.54, 1.807) is 6.20 Å². The highest BCUT2D eigenvalue weighted by molar-refractivity contribution is 7.99. The lowest BCUT2D eigenvalue weighted by Crippen LogP contribution is -2.30. The molecule has 4 rings (SSSR count). The lowest BCUT2D eigenvalue weighted by molar-refractivity contribution is -0.116. The van der Waals surface area contributed by atoms with Gasteiger partial charge in [0, 0.05) is 30.3 Å². The van der Waals surface area contributed by atoms with Gasteiger partial charge in [-0.2, -0.15) is 0 Å². The zero-order valence-electron chi connectivity index (χ0n) is 14.1. The van der Waals surface area contributed by atoms with Gasteiger partial charge in [-0.25, -0.2) is 4.98 Å². The molecule has 5 heteroatoms. The summed E-state index contributed by atoms with van der Waals surface area (Å²) in [6.45, 7) is 2.84. The van der Waals surface area contributed by atoms with Crippen LogP contribution in [0.4, 0.5) is 5.69 Å². The van der Waals surface area contributed by atoms with Gasteiger partial charge in [0.2, 0.25) is 5.91 Å². The minimum atomic E-state index is 0.133. The molecule has 126 valence electrons. The molecule has 0 radical (unpaired) electrons. The maximum absolute atomic E-state index is 12.7. The number of thioether (sulfide) groups is 1. The molecule has 0 atom stereocenters. The second-order valence-corrected chi connectivity index (χ2v) is 7.07. The van der Waals surface area contributed by atoms with Gasteiger partial charge in [-0.1, -0.05) is 42.1 Å². The molecule has 0 aliphatic carbocycles. The van der Waals surface area contributed by atoms with Crippen LogP contribution in [0.15, 0.2) is 66.1 Å². The summed E-state index contributed by atoms with van der Waals surface area (Å²) >= 11 is 1.48. The SMILES string of the molecule is Cc1cccc(-n2ccnc2SCC(=O)N2CCc3ccccc32)c1. The Kier molecular flexibility index (Phi) is 4.32. The average Bonchev–Trinajstić information content (AvgIpc) is 3.26. The van der Waals surface area contributed by atoms with E-state index >= 15 is 0 Å². The van der Waals surface area contributed by atoms with Gasteiger partial charge in [0.15, 0.2) is 5.16 Å². The van der Waals surface area contributed by atoms with E-state index in [-0.39, 0.29) is 5.91 Å². The Morgan fingerprint density at radius 2 is 2.08 bits per heavy atom. The fourth-order valence-electron chi connectivity index (χ4n) is 3.17. The molecule has 0 N–H and O–H groups in total. The number of anilines is 1. The van der Waals surface area contributed by atoms with Crippen molar-refractivity contribution in [1.29, 1.82) is 0 Å². The van der Waals surface area contributed by atoms with Crippen LogP contribution >= 0.6 is 11.8 Å². The average molecular weight is 349 g/mol. The molecule has 4 nitrogen and oxygen atoms in total. The van der Waals surface area contributed by atoms with Crippen LogP contribution in [-0.2, 0) is 11.2 Å². The quantitative estimate of drug-likeness (QED) is 0.671. The number of hydrogen-bond acceptors (Lipinski definition) is 3. The van der Waals surface area contributed by atoms with Gasteiger partial charge in [0.1, 0.15) is 0 Å². The number of aromatic nitrogens is 2. The summed E-state index contributed by atoms with van der Waals surface area (Å²) in [5.41, 5.74) is 4.57. The first-order valence-corrected chi connectivity index (χ1v) is 9.32. The van der Waals surface area contributed by atoms with E-state index in [0.29, 0.717) is 5.75 Å². The Labute approximate surface area is 151 Å². The molecule has 0 spiro atoms. The summed E-state index contributed by atoms with van der Waals surface area (Å²) in [7, 11) is 0. The Hall–Kier alpha value is -2.53. The van der Waals surface area contributed by atoms with Crippen molar-refractivity contribution < 1.29 is 4.79 Å². The van der Waals surface area contributed by atoms with Crippen LogP contribution in [0, 0.1) is 6.92 Å². The number of fused-ring (bicyclic) bond motifs is 1. The number of para-hydroxylation sites is 1. The summed E-state index contributed by atoms with van der Waals surface area (Å²) in [6.07, 6.45) is 4.65. The summed E-state index contributed by atoms with van der Waals surface area (Å²) in [5, 5.41) is 0.839. The van der Waals surface area contributed by atoms with E-state index in [1.165, 1.54) is 22.9 Å². The zero-order valence-corrected chi connectivity index (χ0v) is 14.9. The van der Waals surface area contributed by atoms with Gasteiger partial charge in [0.25, 0.3) is 0 Å². The number of benzene rings is 2. The molecule has 3 aromatic rings. The van der Waals surface area contributed by atoms with Crippen LogP contribution in [0.3, 0.4) is 0 Å². The lowest BCUT2D eigenvalue weighted by Gasteiger charge is -2.17. The lowest BCUT2D eigenvalue weighted by atomic mass is 10.2. The van der Waals surface area contributed by atoms with E-state index in [9.17, 15) is 4.79 Å². The van der Waals surface area contributed by atoms with Crippen molar-refractivity contribution in [2.75, 3.05) is 17.2 Å². The van der Waals surface area contributed by atoms with Crippen molar-refractivity contribution >= 4 is 23.4 Å². The number of imidazole rings is 1. The Morgan fingerprint density at radius 3 is 2.96 bits per heavy atom. The summed E-state index contributed by atoms with van der Waals surface area (Å²) in [6, 6.07) is 16.4. The van der Waals surface area contributed by atoms with Crippen LogP contribution in [0.1, 0.15) is 11.1 Å². The molecule has 1 amide bonds. The minimum Gasteiger partial charge on any atom is -0.311 e. The predicted octanol–water partition coefficient (Wildman–Crippen LogP) is 3.86. The molecule has 25 heavy (non-hydrogen) atoms. The molecule has 0 saturated heterocycles. The minimum absolute atomic E-state index is 0.133. The van der Waals surface area contributed by atoms with E-state index in [4.69, 9.17) is 0 Å². The number of amides is 1. The van der Waals surface area contributed by atoms with Crippen molar-refractivity contribution in [3.8, 4) is 5.69 Å². The standard InChI is InChI=1S/C20H19N3OS/c1-15-5-4-7-17(13-15)22-12-10-21-20(22)25-14-19(24)23-11-9-16-6-2-3-8-18(16)23/h2-8,10,12-13H,9,11,14H2,1H3. The highest BCUT2D eigenvalue weighted by atomic mass is 32.2. The first-order valence-electron chi connectivity index (χ1n) is 8.34. The first-order chi connectivity index (χ1) is 12.2. The van der Waals surface area contributed by atoms with Crippen molar-refractivity contribution in [3.05, 3.63) is 72.1 Å². The van der Waals surface area contributed by atoms with Gasteiger partial charge in [-0.15, -0.1) is 0 Å². The van der Waals surface area contributed by atoms with Crippen LogP contribution in [0.25, 0.3) is 5.69 Å². The van der Waals surface area contributed by atoms with Crippen molar-refractivity contribution in [3.63, 3.8) is 0 Å². The Morgan fingerprint density at radius 1 is 1.20 bits per heavy atom. The number of hydrogen-bond donors (Lipinski definition) is 0. The number of rotatable bonds is 4. The maximum atomic E-state index is 12.7. The molecule has 1 aliphatic rings. The molecular weight excluding hydrogens is 330 g/mol. The predicted molar refractivity (Wildman–Crippen MR) is 102 cm³/mol. The summed E-state index contributed by atoms with van der Waals surface area (Å²) in [4.78, 5) is 19.0. The number of carbonyl (C=O) groups is 1. The second-order valence-electron chi connectivity index (χ2n) is 6.13. The molecule has 0 fully saturated rings.